The normalized spacial score (nSPS) is 14.8. The first-order chi connectivity index (χ1) is 15.1. The molecule has 0 bridgehead atoms. The Morgan fingerprint density at radius 2 is 1.66 bits per heavy atom. The van der Waals surface area contributed by atoms with E-state index in [0.717, 1.165) is 38.5 Å². The van der Waals surface area contributed by atoms with Crippen molar-refractivity contribution in [2.75, 3.05) is 47.5 Å². The van der Waals surface area contributed by atoms with Gasteiger partial charge in [0.2, 0.25) is 0 Å². The highest BCUT2D eigenvalue weighted by Gasteiger charge is 2.26. The summed E-state index contributed by atoms with van der Waals surface area (Å²) in [4.78, 5) is 32.3. The Morgan fingerprint density at radius 1 is 1.00 bits per heavy atom. The van der Waals surface area contributed by atoms with Crippen LogP contribution in [0.1, 0.15) is 64.7 Å². The summed E-state index contributed by atoms with van der Waals surface area (Å²) >= 11 is 0. The predicted octanol–water partition coefficient (Wildman–Crippen LogP) is 4.00. The fourth-order valence-electron chi connectivity index (χ4n) is 2.62. The van der Waals surface area contributed by atoms with Crippen LogP contribution in [-0.4, -0.2) is 75.4 Å². The lowest BCUT2D eigenvalue weighted by Gasteiger charge is -2.24. The molecule has 0 aliphatic heterocycles. The number of rotatable bonds is 21. The van der Waals surface area contributed by atoms with Crippen LogP contribution in [0.4, 0.5) is 0 Å². The van der Waals surface area contributed by atoms with Crippen LogP contribution in [0.15, 0.2) is 12.2 Å². The Morgan fingerprint density at radius 3 is 2.31 bits per heavy atom. The van der Waals surface area contributed by atoms with Gasteiger partial charge in [-0.15, -0.1) is 0 Å². The van der Waals surface area contributed by atoms with Gasteiger partial charge in [-0.2, -0.15) is 0 Å². The van der Waals surface area contributed by atoms with Crippen LogP contribution in [-0.2, 0) is 32.7 Å². The van der Waals surface area contributed by atoms with Gasteiger partial charge in [0.25, 0.3) is 6.47 Å². The van der Waals surface area contributed by atoms with Crippen LogP contribution in [0.25, 0.3) is 0 Å². The molecule has 0 spiro atoms. The minimum Gasteiger partial charge on any atom is -0.464 e. The standard InChI is InChI=1S/C22H42NO8P/c1-5-6-7-8-9-10-11-12-13-14-15-22(25)31-21(18-28-20-24)19-30-32(26,27)29-17-16-23(2,3)4/h7-8,20-21H,5-6,9-19H2,1-4H3/p+1/b8-7+/t21-/m0/s1. The molecule has 0 aromatic heterocycles. The number of unbranched alkanes of at least 4 members (excludes halogenated alkanes) is 6. The van der Waals surface area contributed by atoms with Gasteiger partial charge in [-0.25, -0.2) is 4.57 Å². The molecule has 188 valence electrons. The molecular weight excluding hydrogens is 437 g/mol. The van der Waals surface area contributed by atoms with E-state index in [1.165, 1.54) is 6.42 Å². The van der Waals surface area contributed by atoms with Crippen LogP contribution in [0.3, 0.4) is 0 Å². The van der Waals surface area contributed by atoms with Gasteiger partial charge < -0.3 is 18.9 Å². The zero-order chi connectivity index (χ0) is 24.3. The minimum atomic E-state index is -4.30. The SMILES string of the molecule is CCC/C=C/CCCCCCCC(=O)O[C@@H](COC=O)COP(=O)(O)OCC[N+](C)(C)C. The van der Waals surface area contributed by atoms with Crippen molar-refractivity contribution >= 4 is 20.3 Å². The van der Waals surface area contributed by atoms with Crippen LogP contribution < -0.4 is 0 Å². The molecule has 0 saturated carbocycles. The van der Waals surface area contributed by atoms with E-state index in [0.29, 0.717) is 17.4 Å². The second kappa shape index (κ2) is 18.2. The van der Waals surface area contributed by atoms with Gasteiger partial charge >= 0.3 is 13.8 Å². The molecule has 0 aromatic carbocycles. The van der Waals surface area contributed by atoms with Crippen molar-refractivity contribution in [3.63, 3.8) is 0 Å². The third kappa shape index (κ3) is 20.6. The predicted molar refractivity (Wildman–Crippen MR) is 123 cm³/mol. The van der Waals surface area contributed by atoms with Gasteiger partial charge in [-0.3, -0.25) is 18.6 Å². The largest absolute Gasteiger partial charge is 0.472 e. The Bertz CT molecular complexity index is 577. The first-order valence-corrected chi connectivity index (χ1v) is 12.9. The highest BCUT2D eigenvalue weighted by Crippen LogP contribution is 2.43. The van der Waals surface area contributed by atoms with Gasteiger partial charge in [0.05, 0.1) is 27.7 Å². The molecule has 0 radical (unpaired) electrons. The van der Waals surface area contributed by atoms with Gasteiger partial charge in [0.15, 0.2) is 6.10 Å². The number of carbonyl (C=O) groups is 2. The number of hydrogen-bond acceptors (Lipinski definition) is 7. The zero-order valence-electron chi connectivity index (χ0n) is 20.2. The number of phosphoric acid groups is 1. The van der Waals surface area contributed by atoms with Crippen molar-refractivity contribution in [1.29, 1.82) is 0 Å². The molecule has 32 heavy (non-hydrogen) atoms. The fraction of sp³-hybridized carbons (Fsp3) is 0.818. The lowest BCUT2D eigenvalue weighted by atomic mass is 10.1. The number of allylic oxidation sites excluding steroid dienone is 2. The summed E-state index contributed by atoms with van der Waals surface area (Å²) in [5.74, 6) is -0.464. The smallest absolute Gasteiger partial charge is 0.464 e. The van der Waals surface area contributed by atoms with Crippen molar-refractivity contribution in [3.05, 3.63) is 12.2 Å². The topological polar surface area (TPSA) is 108 Å². The number of hydrogen-bond donors (Lipinski definition) is 1. The van der Waals surface area contributed by atoms with Crippen LogP contribution >= 0.6 is 7.82 Å². The van der Waals surface area contributed by atoms with Gasteiger partial charge in [0.1, 0.15) is 19.8 Å². The summed E-state index contributed by atoms with van der Waals surface area (Å²) in [6, 6.07) is 0. The van der Waals surface area contributed by atoms with E-state index in [2.05, 4.69) is 23.8 Å². The summed E-state index contributed by atoms with van der Waals surface area (Å²) in [5, 5.41) is 0. The highest BCUT2D eigenvalue weighted by molar-refractivity contribution is 7.47. The van der Waals surface area contributed by atoms with Crippen LogP contribution in [0.5, 0.6) is 0 Å². The van der Waals surface area contributed by atoms with Crippen LogP contribution in [0, 0.1) is 0 Å². The third-order valence-electron chi connectivity index (χ3n) is 4.46. The molecule has 0 aliphatic carbocycles. The lowest BCUT2D eigenvalue weighted by molar-refractivity contribution is -0.870. The molecule has 0 aromatic rings. The Balaban J connectivity index is 4.15. The quantitative estimate of drug-likeness (QED) is 0.0656. The average Bonchev–Trinajstić information content (AvgIpc) is 2.70. The first-order valence-electron chi connectivity index (χ1n) is 11.4. The van der Waals surface area contributed by atoms with E-state index in [1.54, 1.807) is 0 Å². The molecule has 0 aliphatic rings. The number of phosphoric ester groups is 1. The maximum atomic E-state index is 12.1. The highest BCUT2D eigenvalue weighted by atomic mass is 31.2. The summed E-state index contributed by atoms with van der Waals surface area (Å²) in [5.41, 5.74) is 0. The lowest BCUT2D eigenvalue weighted by Crippen LogP contribution is -2.37. The molecule has 1 unspecified atom stereocenters. The monoisotopic (exact) mass is 480 g/mol. The Hall–Kier alpha value is -1.25. The summed E-state index contributed by atoms with van der Waals surface area (Å²) in [7, 11) is 1.46. The maximum Gasteiger partial charge on any atom is 0.472 e. The molecule has 1 N–H and O–H groups in total. The van der Waals surface area contributed by atoms with E-state index in [4.69, 9.17) is 13.8 Å². The molecule has 9 nitrogen and oxygen atoms in total. The number of likely N-dealkylation sites (N-methyl/N-ethyl adjacent to an activating group) is 1. The molecule has 2 atom stereocenters. The van der Waals surface area contributed by atoms with Gasteiger partial charge in [0, 0.05) is 6.42 Å². The molecule has 0 heterocycles. The molecule has 0 saturated heterocycles. The molecule has 0 rings (SSSR count). The van der Waals surface area contributed by atoms with Crippen molar-refractivity contribution in [2.24, 2.45) is 0 Å². The second-order valence-electron chi connectivity index (χ2n) is 8.72. The number of carbonyl (C=O) groups excluding carboxylic acids is 2. The Labute approximate surface area is 193 Å². The first kappa shape index (κ1) is 30.8. The van der Waals surface area contributed by atoms with Crippen molar-refractivity contribution in [2.45, 2.75) is 70.8 Å². The molecular formula is C22H43NO8P+. The summed E-state index contributed by atoms with van der Waals surface area (Å²) in [6.45, 7) is 2.24. The van der Waals surface area contributed by atoms with E-state index in [1.807, 2.05) is 21.1 Å². The van der Waals surface area contributed by atoms with E-state index < -0.39 is 26.5 Å². The van der Waals surface area contributed by atoms with Gasteiger partial charge in [-0.1, -0.05) is 44.8 Å². The molecule has 10 heteroatoms. The number of nitrogens with zero attached hydrogens (tertiary/aromatic N) is 1. The van der Waals surface area contributed by atoms with Crippen LogP contribution in [0.2, 0.25) is 0 Å². The maximum absolute atomic E-state index is 12.1. The van der Waals surface area contributed by atoms with E-state index in [-0.39, 0.29) is 26.1 Å². The minimum absolute atomic E-state index is 0.0294. The van der Waals surface area contributed by atoms with Crippen molar-refractivity contribution in [1.82, 2.24) is 0 Å². The Kier molecular flexibility index (Phi) is 17.5. The summed E-state index contributed by atoms with van der Waals surface area (Å²) in [6.07, 6.45) is 12.0. The molecule has 0 fully saturated rings. The number of quaternary nitrogens is 1. The summed E-state index contributed by atoms with van der Waals surface area (Å²) < 4.78 is 32.3. The number of esters is 1. The van der Waals surface area contributed by atoms with Crippen molar-refractivity contribution < 1.29 is 42.1 Å². The van der Waals surface area contributed by atoms with E-state index >= 15 is 0 Å². The average molecular weight is 481 g/mol. The van der Waals surface area contributed by atoms with Crippen molar-refractivity contribution in [3.8, 4) is 0 Å². The fourth-order valence-corrected chi connectivity index (χ4v) is 3.36. The zero-order valence-corrected chi connectivity index (χ0v) is 21.1. The number of ether oxygens (including phenoxy) is 2. The second-order valence-corrected chi connectivity index (χ2v) is 10.2. The van der Waals surface area contributed by atoms with E-state index in [9.17, 15) is 19.0 Å². The third-order valence-corrected chi connectivity index (χ3v) is 5.45. The van der Waals surface area contributed by atoms with Gasteiger partial charge in [-0.05, 0) is 25.7 Å². The molecule has 0 amide bonds.